The molecule has 1 unspecified atom stereocenters. The highest BCUT2D eigenvalue weighted by molar-refractivity contribution is 7.84. The van der Waals surface area contributed by atoms with Crippen LogP contribution in [-0.4, -0.2) is 50.7 Å². The van der Waals surface area contributed by atoms with E-state index < -0.39 is 40.5 Å². The van der Waals surface area contributed by atoms with Crippen molar-refractivity contribution in [2.45, 2.75) is 44.9 Å². The molecule has 0 spiro atoms. The van der Waals surface area contributed by atoms with Crippen LogP contribution in [-0.2, 0) is 26.9 Å². The fourth-order valence-electron chi connectivity index (χ4n) is 4.32. The topological polar surface area (TPSA) is 119 Å². The summed E-state index contributed by atoms with van der Waals surface area (Å²) < 4.78 is 22.7. The van der Waals surface area contributed by atoms with Crippen molar-refractivity contribution >= 4 is 33.7 Å². The predicted molar refractivity (Wildman–Crippen MR) is 136 cm³/mol. The Morgan fingerprint density at radius 3 is 2.75 bits per heavy atom. The van der Waals surface area contributed by atoms with Gasteiger partial charge in [-0.15, -0.1) is 0 Å². The number of rotatable bonds is 8. The van der Waals surface area contributed by atoms with Crippen LogP contribution in [0.5, 0.6) is 0 Å². The molecule has 1 aliphatic heterocycles. The number of fused-ring (bicyclic) bond motifs is 1. The second kappa shape index (κ2) is 11.5. The highest BCUT2D eigenvalue weighted by Crippen LogP contribution is 2.23. The lowest BCUT2D eigenvalue weighted by atomic mass is 10.1. The van der Waals surface area contributed by atoms with Crippen LogP contribution in [0.3, 0.4) is 0 Å². The number of aryl methyl sites for hydroxylation is 1. The molecule has 10 heteroatoms. The normalized spacial score (nSPS) is 17.1. The molecule has 0 bridgehead atoms. The van der Waals surface area contributed by atoms with E-state index in [9.17, 15) is 18.6 Å². The first-order chi connectivity index (χ1) is 17.3. The Hall–Kier alpha value is -3.53. The number of hydrogen-bond donors (Lipinski definition) is 1. The van der Waals surface area contributed by atoms with E-state index in [4.69, 9.17) is 9.15 Å². The van der Waals surface area contributed by atoms with Gasteiger partial charge in [0.2, 0.25) is 11.8 Å². The predicted octanol–water partition coefficient (Wildman–Crippen LogP) is 3.22. The molecule has 3 atom stereocenters. The maximum atomic E-state index is 13.3. The Kier molecular flexibility index (Phi) is 8.14. The van der Waals surface area contributed by atoms with Crippen LogP contribution in [0.1, 0.15) is 42.3 Å². The third-order valence-corrected chi connectivity index (χ3v) is 7.00. The monoisotopic (exact) mass is 511 g/mol. The smallest absolute Gasteiger partial charge is 0.410 e. The van der Waals surface area contributed by atoms with E-state index in [0.717, 1.165) is 11.1 Å². The fourth-order valence-corrected chi connectivity index (χ4v) is 4.88. The number of likely N-dealkylation sites (tertiary alicyclic amines) is 1. The minimum atomic E-state index is -1.13. The summed E-state index contributed by atoms with van der Waals surface area (Å²) >= 11 is 0. The van der Waals surface area contributed by atoms with Gasteiger partial charge >= 0.3 is 11.7 Å². The minimum Gasteiger partial charge on any atom is -0.445 e. The van der Waals surface area contributed by atoms with Gasteiger partial charge < -0.3 is 14.5 Å². The number of amides is 2. The molecule has 1 fully saturated rings. The van der Waals surface area contributed by atoms with E-state index in [1.54, 1.807) is 31.4 Å². The molecule has 0 aliphatic carbocycles. The van der Waals surface area contributed by atoms with Crippen LogP contribution in [0.15, 0.2) is 57.7 Å². The molecular weight excluding hydrogens is 482 g/mol. The molecule has 36 heavy (non-hydrogen) atoms. The van der Waals surface area contributed by atoms with Crippen molar-refractivity contribution in [3.05, 3.63) is 76.0 Å². The van der Waals surface area contributed by atoms with Crippen molar-refractivity contribution in [3.8, 4) is 0 Å². The average molecular weight is 512 g/mol. The SMILES string of the molecule is Cc1cccc2nc([C@H](CCS(C)=O)NC(=O)[C@@H]3CCCN3C(=O)OCc3ccccc3)oc(=O)c12. The van der Waals surface area contributed by atoms with E-state index in [2.05, 4.69) is 10.3 Å². The zero-order chi connectivity index (χ0) is 25.7. The first-order valence-corrected chi connectivity index (χ1v) is 13.5. The maximum Gasteiger partial charge on any atom is 0.410 e. The molecule has 3 aromatic rings. The van der Waals surface area contributed by atoms with Gasteiger partial charge in [-0.2, -0.15) is 0 Å². The van der Waals surface area contributed by atoms with Gasteiger partial charge in [-0.3, -0.25) is 13.9 Å². The zero-order valence-electron chi connectivity index (χ0n) is 20.3. The summed E-state index contributed by atoms with van der Waals surface area (Å²) in [5.41, 5.74) is 1.51. The zero-order valence-corrected chi connectivity index (χ0v) is 21.1. The third kappa shape index (κ3) is 5.99. The van der Waals surface area contributed by atoms with Gasteiger partial charge in [-0.1, -0.05) is 42.5 Å². The summed E-state index contributed by atoms with van der Waals surface area (Å²) in [5, 5.41) is 3.26. The van der Waals surface area contributed by atoms with Gasteiger partial charge in [-0.25, -0.2) is 14.6 Å². The van der Waals surface area contributed by atoms with Gasteiger partial charge in [0.25, 0.3) is 0 Å². The standard InChI is InChI=1S/C26H29N3O6S/c1-17-8-6-11-19-22(17)25(31)35-24(28-19)20(13-15-36(2)33)27-23(30)21-12-7-14-29(21)26(32)34-16-18-9-4-3-5-10-18/h3-6,8-11,20-21H,7,12-16H2,1-2H3,(H,27,30)/t20-,21-,36?/m0/s1. The van der Waals surface area contributed by atoms with Crippen LogP contribution in [0.25, 0.3) is 10.9 Å². The van der Waals surface area contributed by atoms with Gasteiger partial charge in [-0.05, 0) is 43.4 Å². The number of carbonyl (C=O) groups is 2. The third-order valence-electron chi connectivity index (χ3n) is 6.19. The number of benzene rings is 2. The van der Waals surface area contributed by atoms with Crippen LogP contribution < -0.4 is 10.9 Å². The van der Waals surface area contributed by atoms with Crippen molar-refractivity contribution in [2.75, 3.05) is 18.6 Å². The van der Waals surface area contributed by atoms with E-state index in [1.165, 1.54) is 4.90 Å². The lowest BCUT2D eigenvalue weighted by Gasteiger charge is -2.25. The number of carbonyl (C=O) groups excluding carboxylic acids is 2. The summed E-state index contributed by atoms with van der Waals surface area (Å²) in [4.78, 5) is 44.6. The van der Waals surface area contributed by atoms with Crippen molar-refractivity contribution in [3.63, 3.8) is 0 Å². The van der Waals surface area contributed by atoms with Gasteiger partial charge in [0.15, 0.2) is 0 Å². The number of nitrogens with zero attached hydrogens (tertiary/aromatic N) is 2. The van der Waals surface area contributed by atoms with Crippen molar-refractivity contribution in [2.24, 2.45) is 0 Å². The first-order valence-electron chi connectivity index (χ1n) is 11.8. The summed E-state index contributed by atoms with van der Waals surface area (Å²) in [6.45, 7) is 2.31. The van der Waals surface area contributed by atoms with Crippen LogP contribution in [0.4, 0.5) is 4.79 Å². The van der Waals surface area contributed by atoms with E-state index in [1.807, 2.05) is 30.3 Å². The minimum absolute atomic E-state index is 0.0492. The molecule has 2 heterocycles. The summed E-state index contributed by atoms with van der Waals surface area (Å²) in [6.07, 6.45) is 2.40. The first kappa shape index (κ1) is 25.6. The Morgan fingerprint density at radius 1 is 1.22 bits per heavy atom. The number of hydrogen-bond acceptors (Lipinski definition) is 7. The Balaban J connectivity index is 1.51. The van der Waals surface area contributed by atoms with Crippen molar-refractivity contribution in [1.29, 1.82) is 0 Å². The molecule has 1 aliphatic rings. The molecule has 0 saturated carbocycles. The number of aromatic nitrogens is 1. The van der Waals surface area contributed by atoms with Gasteiger partial charge in [0, 0.05) is 29.4 Å². The van der Waals surface area contributed by atoms with E-state index >= 15 is 0 Å². The molecule has 9 nitrogen and oxygen atoms in total. The second-order valence-electron chi connectivity index (χ2n) is 8.83. The highest BCUT2D eigenvalue weighted by Gasteiger charge is 2.36. The molecule has 2 aromatic carbocycles. The molecular formula is C26H29N3O6S. The molecule has 1 aromatic heterocycles. The van der Waals surface area contributed by atoms with Crippen molar-refractivity contribution < 1.29 is 23.0 Å². The molecule has 2 amide bonds. The lowest BCUT2D eigenvalue weighted by molar-refractivity contribution is -0.126. The van der Waals surface area contributed by atoms with Crippen LogP contribution in [0.2, 0.25) is 0 Å². The Morgan fingerprint density at radius 2 is 2.00 bits per heavy atom. The Labute approximate surface area is 211 Å². The van der Waals surface area contributed by atoms with E-state index in [-0.39, 0.29) is 24.7 Å². The number of nitrogens with one attached hydrogen (secondary N) is 1. The average Bonchev–Trinajstić information content (AvgIpc) is 3.35. The molecule has 4 rings (SSSR count). The summed E-state index contributed by atoms with van der Waals surface area (Å²) in [5.74, 6) is -0.0756. The molecule has 1 N–H and O–H groups in total. The Bertz CT molecular complexity index is 1330. The largest absolute Gasteiger partial charge is 0.445 e. The van der Waals surface area contributed by atoms with Crippen LogP contribution in [0, 0.1) is 6.92 Å². The maximum absolute atomic E-state index is 13.3. The highest BCUT2D eigenvalue weighted by atomic mass is 32.2. The van der Waals surface area contributed by atoms with Crippen molar-refractivity contribution in [1.82, 2.24) is 15.2 Å². The molecule has 190 valence electrons. The fraction of sp³-hybridized carbons (Fsp3) is 0.385. The van der Waals surface area contributed by atoms with Gasteiger partial charge in [0.1, 0.15) is 18.7 Å². The van der Waals surface area contributed by atoms with E-state index in [0.29, 0.717) is 30.3 Å². The van der Waals surface area contributed by atoms with Crippen LogP contribution >= 0.6 is 0 Å². The van der Waals surface area contributed by atoms with Gasteiger partial charge in [0.05, 0.1) is 10.9 Å². The number of ether oxygens (including phenoxy) is 1. The quantitative estimate of drug-likeness (QED) is 0.493. The summed E-state index contributed by atoms with van der Waals surface area (Å²) in [6, 6.07) is 13.1. The summed E-state index contributed by atoms with van der Waals surface area (Å²) in [7, 11) is -1.13. The lowest BCUT2D eigenvalue weighted by Crippen LogP contribution is -2.47. The molecule has 0 radical (unpaired) electrons. The molecule has 1 saturated heterocycles. The second-order valence-corrected chi connectivity index (χ2v) is 10.4.